The van der Waals surface area contributed by atoms with Crippen molar-refractivity contribution in [2.24, 2.45) is 0 Å². The van der Waals surface area contributed by atoms with Gasteiger partial charge in [-0.2, -0.15) is 0 Å². The van der Waals surface area contributed by atoms with Crippen LogP contribution in [0.4, 0.5) is 0 Å². The van der Waals surface area contributed by atoms with Crippen molar-refractivity contribution in [2.75, 3.05) is 0 Å². The van der Waals surface area contributed by atoms with Gasteiger partial charge in [0.25, 0.3) is 0 Å². The van der Waals surface area contributed by atoms with Crippen molar-refractivity contribution in [1.82, 2.24) is 10.3 Å². The highest BCUT2D eigenvalue weighted by atomic mass is 32.1. The largest absolute Gasteiger partial charge is 0.307 e. The van der Waals surface area contributed by atoms with Crippen molar-refractivity contribution in [2.45, 2.75) is 51.6 Å². The monoisotopic (exact) mass is 210 g/mol. The fraction of sp³-hybridized carbons (Fsp3) is 0.727. The first-order valence-electron chi connectivity index (χ1n) is 5.44. The summed E-state index contributed by atoms with van der Waals surface area (Å²) in [7, 11) is 0. The maximum Gasteiger partial charge on any atom is 0.0897 e. The average Bonchev–Trinajstić information content (AvgIpc) is 2.75. The minimum absolute atomic E-state index is 0.476. The van der Waals surface area contributed by atoms with Gasteiger partial charge in [-0.25, -0.2) is 4.98 Å². The van der Waals surface area contributed by atoms with E-state index in [1.807, 2.05) is 6.20 Å². The van der Waals surface area contributed by atoms with E-state index in [2.05, 4.69) is 24.1 Å². The molecular weight excluding hydrogens is 192 g/mol. The van der Waals surface area contributed by atoms with E-state index in [4.69, 9.17) is 0 Å². The molecule has 1 N–H and O–H groups in total. The summed E-state index contributed by atoms with van der Waals surface area (Å²) in [6.45, 7) is 4.31. The molecule has 0 saturated heterocycles. The molecule has 1 aromatic rings. The van der Waals surface area contributed by atoms with Gasteiger partial charge in [-0.05, 0) is 26.7 Å². The Labute approximate surface area is 89.8 Å². The highest BCUT2D eigenvalue weighted by Crippen LogP contribution is 2.24. The summed E-state index contributed by atoms with van der Waals surface area (Å²) in [6.07, 6.45) is 7.50. The molecule has 1 aliphatic carbocycles. The molecule has 1 aliphatic rings. The summed E-state index contributed by atoms with van der Waals surface area (Å²) in [5.41, 5.74) is 0. The molecule has 78 valence electrons. The first-order chi connectivity index (χ1) is 6.75. The Kier molecular flexibility index (Phi) is 3.19. The van der Waals surface area contributed by atoms with E-state index in [-0.39, 0.29) is 0 Å². The Bertz CT molecular complexity index is 289. The minimum Gasteiger partial charge on any atom is -0.307 e. The van der Waals surface area contributed by atoms with Gasteiger partial charge in [-0.1, -0.05) is 12.8 Å². The molecule has 1 saturated carbocycles. The van der Waals surface area contributed by atoms with E-state index in [0.29, 0.717) is 6.04 Å². The van der Waals surface area contributed by atoms with Gasteiger partial charge in [-0.15, -0.1) is 11.3 Å². The Morgan fingerprint density at radius 3 is 2.79 bits per heavy atom. The van der Waals surface area contributed by atoms with Gasteiger partial charge in [-0.3, -0.25) is 0 Å². The van der Waals surface area contributed by atoms with Gasteiger partial charge in [0, 0.05) is 23.2 Å². The van der Waals surface area contributed by atoms with Gasteiger partial charge in [0.1, 0.15) is 0 Å². The summed E-state index contributed by atoms with van der Waals surface area (Å²) in [5.74, 6) is 0. The van der Waals surface area contributed by atoms with Crippen LogP contribution in [-0.4, -0.2) is 11.0 Å². The highest BCUT2D eigenvalue weighted by Gasteiger charge is 2.18. The molecule has 0 bridgehead atoms. The Balaban J connectivity index is 1.91. The van der Waals surface area contributed by atoms with E-state index in [1.54, 1.807) is 11.3 Å². The van der Waals surface area contributed by atoms with Gasteiger partial charge in [0.05, 0.1) is 5.01 Å². The molecule has 1 unspecified atom stereocenters. The molecular formula is C11H18N2S. The normalized spacial score (nSPS) is 20.1. The summed E-state index contributed by atoms with van der Waals surface area (Å²) < 4.78 is 0. The van der Waals surface area contributed by atoms with Crippen LogP contribution in [-0.2, 0) is 0 Å². The van der Waals surface area contributed by atoms with Crippen molar-refractivity contribution in [3.8, 4) is 0 Å². The van der Waals surface area contributed by atoms with Crippen LogP contribution < -0.4 is 5.32 Å². The van der Waals surface area contributed by atoms with Crippen molar-refractivity contribution < 1.29 is 0 Å². The van der Waals surface area contributed by atoms with Crippen molar-refractivity contribution in [3.05, 3.63) is 16.1 Å². The number of hydrogen-bond acceptors (Lipinski definition) is 3. The summed E-state index contributed by atoms with van der Waals surface area (Å²) >= 11 is 1.81. The van der Waals surface area contributed by atoms with Gasteiger partial charge >= 0.3 is 0 Å². The molecule has 0 radical (unpaired) electrons. The Hall–Kier alpha value is -0.410. The van der Waals surface area contributed by atoms with Gasteiger partial charge in [0.15, 0.2) is 0 Å². The lowest BCUT2D eigenvalue weighted by atomic mass is 10.2. The second-order valence-electron chi connectivity index (χ2n) is 4.15. The third-order valence-corrected chi connectivity index (χ3v) is 4.00. The SMILES string of the molecule is Cc1ncc(C(C)NC2CCCC2)s1. The Morgan fingerprint density at radius 1 is 1.50 bits per heavy atom. The van der Waals surface area contributed by atoms with Crippen molar-refractivity contribution in [1.29, 1.82) is 0 Å². The predicted octanol–water partition coefficient (Wildman–Crippen LogP) is 3.04. The van der Waals surface area contributed by atoms with Crippen LogP contribution in [0, 0.1) is 6.92 Å². The lowest BCUT2D eigenvalue weighted by molar-refractivity contribution is 0.465. The average molecular weight is 210 g/mol. The predicted molar refractivity (Wildman–Crippen MR) is 60.7 cm³/mol. The molecule has 1 fully saturated rings. The van der Waals surface area contributed by atoms with Crippen molar-refractivity contribution >= 4 is 11.3 Å². The summed E-state index contributed by atoms with van der Waals surface area (Å²) in [4.78, 5) is 5.66. The second-order valence-corrected chi connectivity index (χ2v) is 5.42. The van der Waals surface area contributed by atoms with Crippen LogP contribution in [0.25, 0.3) is 0 Å². The lowest BCUT2D eigenvalue weighted by Gasteiger charge is -2.17. The molecule has 0 aliphatic heterocycles. The number of aromatic nitrogens is 1. The van der Waals surface area contributed by atoms with Crippen LogP contribution >= 0.6 is 11.3 Å². The maximum absolute atomic E-state index is 4.29. The molecule has 1 atom stereocenters. The third kappa shape index (κ3) is 2.34. The highest BCUT2D eigenvalue weighted by molar-refractivity contribution is 7.11. The molecule has 1 aromatic heterocycles. The minimum atomic E-state index is 0.476. The zero-order valence-electron chi connectivity index (χ0n) is 8.92. The fourth-order valence-corrected chi connectivity index (χ4v) is 2.90. The molecule has 14 heavy (non-hydrogen) atoms. The molecule has 0 aromatic carbocycles. The quantitative estimate of drug-likeness (QED) is 0.829. The maximum atomic E-state index is 4.29. The van der Waals surface area contributed by atoms with Crippen LogP contribution in [0.5, 0.6) is 0 Å². The Morgan fingerprint density at radius 2 is 2.21 bits per heavy atom. The smallest absolute Gasteiger partial charge is 0.0897 e. The van der Waals surface area contributed by atoms with E-state index in [0.717, 1.165) is 6.04 Å². The fourth-order valence-electron chi connectivity index (χ4n) is 2.11. The number of thiazole rings is 1. The van der Waals surface area contributed by atoms with E-state index in [9.17, 15) is 0 Å². The first kappa shape index (κ1) is 10.1. The number of rotatable bonds is 3. The molecule has 1 heterocycles. The van der Waals surface area contributed by atoms with E-state index >= 15 is 0 Å². The topological polar surface area (TPSA) is 24.9 Å². The molecule has 2 nitrogen and oxygen atoms in total. The first-order valence-corrected chi connectivity index (χ1v) is 6.26. The molecule has 0 spiro atoms. The lowest BCUT2D eigenvalue weighted by Crippen LogP contribution is -2.28. The van der Waals surface area contributed by atoms with Crippen LogP contribution in [0.15, 0.2) is 6.20 Å². The standard InChI is InChI=1S/C11H18N2S/c1-8(11-7-12-9(2)14-11)13-10-5-3-4-6-10/h7-8,10,13H,3-6H2,1-2H3. The number of nitrogens with one attached hydrogen (secondary N) is 1. The molecule has 2 rings (SSSR count). The third-order valence-electron chi connectivity index (χ3n) is 2.91. The van der Waals surface area contributed by atoms with E-state index in [1.165, 1.54) is 35.6 Å². The van der Waals surface area contributed by atoms with Crippen LogP contribution in [0.3, 0.4) is 0 Å². The van der Waals surface area contributed by atoms with E-state index < -0.39 is 0 Å². The van der Waals surface area contributed by atoms with Crippen LogP contribution in [0.1, 0.15) is 48.5 Å². The molecule has 0 amide bonds. The summed E-state index contributed by atoms with van der Waals surface area (Å²) in [5, 5.41) is 4.85. The number of nitrogens with zero attached hydrogens (tertiary/aromatic N) is 1. The number of hydrogen-bond donors (Lipinski definition) is 1. The zero-order chi connectivity index (χ0) is 9.97. The summed E-state index contributed by atoms with van der Waals surface area (Å²) in [6, 6.07) is 1.22. The van der Waals surface area contributed by atoms with Gasteiger partial charge < -0.3 is 5.32 Å². The molecule has 3 heteroatoms. The second kappa shape index (κ2) is 4.41. The zero-order valence-corrected chi connectivity index (χ0v) is 9.73. The van der Waals surface area contributed by atoms with Crippen LogP contribution in [0.2, 0.25) is 0 Å². The van der Waals surface area contributed by atoms with Crippen molar-refractivity contribution in [3.63, 3.8) is 0 Å². The van der Waals surface area contributed by atoms with Gasteiger partial charge in [0.2, 0.25) is 0 Å². The number of aryl methyl sites for hydroxylation is 1.